The Kier molecular flexibility index (Phi) is 5.15. The SMILES string of the molecule is CNc1nc(C(C)(C)C)nc(N(C)CC(=O)N(C)C)c1C. The van der Waals surface area contributed by atoms with Gasteiger partial charge in [-0.15, -0.1) is 0 Å². The number of amides is 1. The van der Waals surface area contributed by atoms with Crippen molar-refractivity contribution in [3.8, 4) is 0 Å². The molecule has 1 rings (SSSR count). The Morgan fingerprint density at radius 1 is 1.19 bits per heavy atom. The number of nitrogens with one attached hydrogen (secondary N) is 1. The van der Waals surface area contributed by atoms with Crippen LogP contribution in [0.1, 0.15) is 32.2 Å². The first-order chi connectivity index (χ1) is 9.57. The molecule has 0 saturated heterocycles. The van der Waals surface area contributed by atoms with Gasteiger partial charge in [-0.2, -0.15) is 0 Å². The van der Waals surface area contributed by atoms with Gasteiger partial charge in [0.1, 0.15) is 17.5 Å². The molecule has 1 amide bonds. The lowest BCUT2D eigenvalue weighted by Crippen LogP contribution is -2.35. The summed E-state index contributed by atoms with van der Waals surface area (Å²) in [7, 11) is 7.23. The van der Waals surface area contributed by atoms with Gasteiger partial charge in [0.25, 0.3) is 0 Å². The molecule has 0 atom stereocenters. The number of aromatic nitrogens is 2. The van der Waals surface area contributed by atoms with Crippen LogP contribution in [0.2, 0.25) is 0 Å². The molecule has 21 heavy (non-hydrogen) atoms. The fourth-order valence-corrected chi connectivity index (χ4v) is 1.87. The Balaban J connectivity index is 3.24. The Labute approximate surface area is 127 Å². The molecule has 0 fully saturated rings. The number of likely N-dealkylation sites (N-methyl/N-ethyl adjacent to an activating group) is 2. The third kappa shape index (κ3) is 4.06. The molecule has 1 aromatic heterocycles. The van der Waals surface area contributed by atoms with E-state index in [0.717, 1.165) is 23.0 Å². The Hall–Kier alpha value is -1.85. The van der Waals surface area contributed by atoms with E-state index in [2.05, 4.69) is 36.1 Å². The van der Waals surface area contributed by atoms with Crippen LogP contribution in [-0.4, -0.2) is 55.5 Å². The van der Waals surface area contributed by atoms with Gasteiger partial charge in [-0.3, -0.25) is 4.79 Å². The van der Waals surface area contributed by atoms with Crippen molar-refractivity contribution in [2.24, 2.45) is 0 Å². The van der Waals surface area contributed by atoms with Crippen molar-refractivity contribution in [1.29, 1.82) is 0 Å². The highest BCUT2D eigenvalue weighted by atomic mass is 16.2. The number of carbonyl (C=O) groups is 1. The van der Waals surface area contributed by atoms with Gasteiger partial charge in [0.05, 0.1) is 6.54 Å². The van der Waals surface area contributed by atoms with Crippen LogP contribution >= 0.6 is 0 Å². The normalized spacial score (nSPS) is 11.2. The number of hydrogen-bond acceptors (Lipinski definition) is 5. The Morgan fingerprint density at radius 2 is 1.76 bits per heavy atom. The summed E-state index contributed by atoms with van der Waals surface area (Å²) < 4.78 is 0. The van der Waals surface area contributed by atoms with Gasteiger partial charge in [0.15, 0.2) is 0 Å². The lowest BCUT2D eigenvalue weighted by Gasteiger charge is -2.25. The zero-order valence-electron chi connectivity index (χ0n) is 14.4. The fourth-order valence-electron chi connectivity index (χ4n) is 1.87. The van der Waals surface area contributed by atoms with Crippen LogP contribution in [0.25, 0.3) is 0 Å². The van der Waals surface area contributed by atoms with Crippen LogP contribution in [0, 0.1) is 6.92 Å². The summed E-state index contributed by atoms with van der Waals surface area (Å²) in [4.78, 5) is 24.6. The van der Waals surface area contributed by atoms with Crippen LogP contribution in [0.5, 0.6) is 0 Å². The summed E-state index contributed by atoms with van der Waals surface area (Å²) in [5.41, 5.74) is 0.792. The van der Waals surface area contributed by atoms with E-state index in [0.29, 0.717) is 0 Å². The first-order valence-electron chi connectivity index (χ1n) is 7.06. The summed E-state index contributed by atoms with van der Waals surface area (Å²) in [5.74, 6) is 2.39. The minimum atomic E-state index is -0.152. The van der Waals surface area contributed by atoms with Gasteiger partial charge >= 0.3 is 0 Å². The largest absolute Gasteiger partial charge is 0.373 e. The van der Waals surface area contributed by atoms with Gasteiger partial charge in [0, 0.05) is 39.2 Å². The fraction of sp³-hybridized carbons (Fsp3) is 0.667. The number of anilines is 2. The highest BCUT2D eigenvalue weighted by Gasteiger charge is 2.23. The number of nitrogens with zero attached hydrogens (tertiary/aromatic N) is 4. The Morgan fingerprint density at radius 3 is 2.19 bits per heavy atom. The second kappa shape index (κ2) is 6.28. The maximum absolute atomic E-state index is 11.9. The van der Waals surface area contributed by atoms with E-state index in [1.54, 1.807) is 19.0 Å². The summed E-state index contributed by atoms with van der Waals surface area (Å²) >= 11 is 0. The molecular weight excluding hydrogens is 266 g/mol. The smallest absolute Gasteiger partial charge is 0.241 e. The van der Waals surface area contributed by atoms with E-state index in [1.165, 1.54) is 0 Å². The van der Waals surface area contributed by atoms with Crippen LogP contribution < -0.4 is 10.2 Å². The van der Waals surface area contributed by atoms with Crippen LogP contribution in [-0.2, 0) is 10.2 Å². The molecule has 0 aromatic carbocycles. The molecule has 6 heteroatoms. The maximum atomic E-state index is 11.9. The first-order valence-corrected chi connectivity index (χ1v) is 7.06. The first kappa shape index (κ1) is 17.2. The quantitative estimate of drug-likeness (QED) is 0.914. The van der Waals surface area contributed by atoms with Gasteiger partial charge in [-0.25, -0.2) is 9.97 Å². The van der Waals surface area contributed by atoms with E-state index >= 15 is 0 Å². The zero-order chi connectivity index (χ0) is 16.4. The van der Waals surface area contributed by atoms with Gasteiger partial charge in [0.2, 0.25) is 5.91 Å². The van der Waals surface area contributed by atoms with Gasteiger partial charge in [-0.05, 0) is 6.92 Å². The van der Waals surface area contributed by atoms with Crippen LogP contribution in [0.15, 0.2) is 0 Å². The molecule has 0 saturated carbocycles. The van der Waals surface area contributed by atoms with Crippen molar-refractivity contribution in [3.05, 3.63) is 11.4 Å². The van der Waals surface area contributed by atoms with Crippen molar-refractivity contribution >= 4 is 17.5 Å². The van der Waals surface area contributed by atoms with Crippen molar-refractivity contribution in [2.45, 2.75) is 33.1 Å². The second-order valence-corrected chi connectivity index (χ2v) is 6.49. The third-order valence-corrected chi connectivity index (χ3v) is 3.26. The molecule has 1 heterocycles. The average molecular weight is 293 g/mol. The number of carbonyl (C=O) groups excluding carboxylic acids is 1. The predicted octanol–water partition coefficient (Wildman–Crippen LogP) is 1.65. The highest BCUT2D eigenvalue weighted by Crippen LogP contribution is 2.27. The molecule has 0 aliphatic rings. The molecule has 118 valence electrons. The van der Waals surface area contributed by atoms with E-state index in [4.69, 9.17) is 0 Å². The summed E-state index contributed by atoms with van der Waals surface area (Å²) in [6.45, 7) is 8.48. The molecule has 1 N–H and O–H groups in total. The molecule has 0 bridgehead atoms. The number of rotatable bonds is 4. The maximum Gasteiger partial charge on any atom is 0.241 e. The second-order valence-electron chi connectivity index (χ2n) is 6.49. The molecule has 0 spiro atoms. The third-order valence-electron chi connectivity index (χ3n) is 3.26. The van der Waals surface area contributed by atoms with E-state index in [1.807, 2.05) is 25.9 Å². The zero-order valence-corrected chi connectivity index (χ0v) is 14.4. The number of hydrogen-bond donors (Lipinski definition) is 1. The minimum Gasteiger partial charge on any atom is -0.373 e. The topological polar surface area (TPSA) is 61.4 Å². The van der Waals surface area contributed by atoms with E-state index < -0.39 is 0 Å². The standard InChI is InChI=1S/C15H27N5O/c1-10-12(16-5)17-14(15(2,3)4)18-13(10)20(8)9-11(21)19(6)7/h9H2,1-8H3,(H,16,17,18). The van der Waals surface area contributed by atoms with Crippen molar-refractivity contribution in [3.63, 3.8) is 0 Å². The van der Waals surface area contributed by atoms with E-state index in [-0.39, 0.29) is 17.9 Å². The van der Waals surface area contributed by atoms with Crippen LogP contribution in [0.4, 0.5) is 11.6 Å². The molecule has 1 aromatic rings. The average Bonchev–Trinajstić information content (AvgIpc) is 2.37. The monoisotopic (exact) mass is 293 g/mol. The summed E-state index contributed by atoms with van der Waals surface area (Å²) in [5, 5.41) is 3.11. The molecular formula is C15H27N5O. The lowest BCUT2D eigenvalue weighted by atomic mass is 9.95. The Bertz CT molecular complexity index is 520. The van der Waals surface area contributed by atoms with Crippen molar-refractivity contribution in [1.82, 2.24) is 14.9 Å². The molecule has 0 radical (unpaired) electrons. The van der Waals surface area contributed by atoms with Gasteiger partial charge in [-0.1, -0.05) is 20.8 Å². The summed E-state index contributed by atoms with van der Waals surface area (Å²) in [6.07, 6.45) is 0. The molecule has 0 unspecified atom stereocenters. The molecule has 6 nitrogen and oxygen atoms in total. The van der Waals surface area contributed by atoms with Crippen molar-refractivity contribution < 1.29 is 4.79 Å². The van der Waals surface area contributed by atoms with Crippen molar-refractivity contribution in [2.75, 3.05) is 45.0 Å². The highest BCUT2D eigenvalue weighted by molar-refractivity contribution is 5.81. The minimum absolute atomic E-state index is 0.0406. The summed E-state index contributed by atoms with van der Waals surface area (Å²) in [6, 6.07) is 0. The van der Waals surface area contributed by atoms with E-state index in [9.17, 15) is 4.79 Å². The van der Waals surface area contributed by atoms with Crippen LogP contribution in [0.3, 0.4) is 0 Å². The molecule has 0 aliphatic carbocycles. The lowest BCUT2D eigenvalue weighted by molar-refractivity contribution is -0.127. The van der Waals surface area contributed by atoms with Gasteiger partial charge < -0.3 is 15.1 Å². The molecule has 0 aliphatic heterocycles. The predicted molar refractivity (Wildman–Crippen MR) is 87.0 cm³/mol.